The molecule has 2 N–H and O–H groups in total. The van der Waals surface area contributed by atoms with Crippen LogP contribution in [0.3, 0.4) is 0 Å². The van der Waals surface area contributed by atoms with Gasteiger partial charge < -0.3 is 5.73 Å². The van der Waals surface area contributed by atoms with Crippen molar-refractivity contribution in [2.24, 2.45) is 5.73 Å². The summed E-state index contributed by atoms with van der Waals surface area (Å²) in [6.07, 6.45) is 5.88. The minimum Gasteiger partial charge on any atom is -0.330 e. The first kappa shape index (κ1) is 10.2. The van der Waals surface area contributed by atoms with Gasteiger partial charge in [-0.2, -0.15) is 0 Å². The summed E-state index contributed by atoms with van der Waals surface area (Å²) in [4.78, 5) is 4.14. The van der Waals surface area contributed by atoms with E-state index in [2.05, 4.69) is 24.9 Å². The van der Waals surface area contributed by atoms with Crippen molar-refractivity contribution >= 4 is 0 Å². The van der Waals surface area contributed by atoms with Crippen molar-refractivity contribution in [1.29, 1.82) is 0 Å². The molecule has 0 radical (unpaired) electrons. The third-order valence-corrected chi connectivity index (χ3v) is 3.02. The molecule has 0 aromatic carbocycles. The second-order valence-corrected chi connectivity index (χ2v) is 3.43. The summed E-state index contributed by atoms with van der Waals surface area (Å²) >= 11 is 0. The predicted octanol–water partition coefficient (Wildman–Crippen LogP) is 2.10. The Balaban J connectivity index is 3.01. The lowest BCUT2D eigenvalue weighted by Gasteiger charge is -2.30. The number of hydrogen-bond acceptors (Lipinski definition) is 2. The molecule has 2 heteroatoms. The topological polar surface area (TPSA) is 38.9 Å². The normalized spacial score (nSPS) is 11.6. The smallest absolute Gasteiger partial charge is 0.0306 e. The molecule has 0 aliphatic carbocycles. The molecule has 0 aliphatic heterocycles. The molecule has 2 nitrogen and oxygen atoms in total. The van der Waals surface area contributed by atoms with Crippen molar-refractivity contribution in [1.82, 2.24) is 4.98 Å². The van der Waals surface area contributed by atoms with Crippen molar-refractivity contribution in [3.63, 3.8) is 0 Å². The molecule has 0 amide bonds. The number of hydrogen-bond donors (Lipinski definition) is 1. The van der Waals surface area contributed by atoms with Crippen LogP contribution in [0, 0.1) is 0 Å². The van der Waals surface area contributed by atoms with Crippen LogP contribution >= 0.6 is 0 Å². The van der Waals surface area contributed by atoms with E-state index in [0.29, 0.717) is 6.54 Å². The maximum Gasteiger partial charge on any atom is 0.0306 e. The Kier molecular flexibility index (Phi) is 3.43. The molecular weight excluding hydrogens is 160 g/mol. The summed E-state index contributed by atoms with van der Waals surface area (Å²) in [6.45, 7) is 5.07. The minimum absolute atomic E-state index is 0.133. The highest BCUT2D eigenvalue weighted by Crippen LogP contribution is 2.29. The largest absolute Gasteiger partial charge is 0.330 e. The second kappa shape index (κ2) is 4.38. The Morgan fingerprint density at radius 1 is 1.38 bits per heavy atom. The molecule has 0 unspecified atom stereocenters. The van der Waals surface area contributed by atoms with Gasteiger partial charge in [-0.25, -0.2) is 0 Å². The van der Waals surface area contributed by atoms with E-state index in [9.17, 15) is 0 Å². The van der Waals surface area contributed by atoms with Crippen LogP contribution in [0.4, 0.5) is 0 Å². The molecule has 13 heavy (non-hydrogen) atoms. The molecule has 0 bridgehead atoms. The average Bonchev–Trinajstić information content (AvgIpc) is 2.23. The third-order valence-electron chi connectivity index (χ3n) is 3.02. The van der Waals surface area contributed by atoms with Crippen LogP contribution in [0.5, 0.6) is 0 Å². The van der Waals surface area contributed by atoms with E-state index in [1.807, 2.05) is 12.3 Å². The van der Waals surface area contributed by atoms with Crippen LogP contribution in [0.1, 0.15) is 32.3 Å². The maximum absolute atomic E-state index is 5.83. The highest BCUT2D eigenvalue weighted by molar-refractivity contribution is 5.21. The Morgan fingerprint density at radius 3 is 2.46 bits per heavy atom. The van der Waals surface area contributed by atoms with E-state index in [1.165, 1.54) is 5.56 Å². The minimum atomic E-state index is 0.133. The monoisotopic (exact) mass is 178 g/mol. The standard InChI is InChI=1S/C11H18N2/c1-3-11(4-2,9-12)10-6-5-7-13-8-10/h5-8H,3-4,9,12H2,1-2H3. The van der Waals surface area contributed by atoms with Crippen molar-refractivity contribution in [3.8, 4) is 0 Å². The highest BCUT2D eigenvalue weighted by Gasteiger charge is 2.26. The number of pyridine rings is 1. The summed E-state index contributed by atoms with van der Waals surface area (Å²) < 4.78 is 0. The summed E-state index contributed by atoms with van der Waals surface area (Å²) in [7, 11) is 0. The van der Waals surface area contributed by atoms with Crippen LogP contribution in [0.15, 0.2) is 24.5 Å². The SMILES string of the molecule is CCC(CC)(CN)c1cccnc1. The van der Waals surface area contributed by atoms with E-state index in [1.54, 1.807) is 6.20 Å². The molecule has 0 saturated heterocycles. The quantitative estimate of drug-likeness (QED) is 0.766. The Labute approximate surface area is 80.2 Å². The van der Waals surface area contributed by atoms with Gasteiger partial charge in [0.1, 0.15) is 0 Å². The van der Waals surface area contributed by atoms with E-state index in [4.69, 9.17) is 5.73 Å². The summed E-state index contributed by atoms with van der Waals surface area (Å²) in [5.74, 6) is 0. The van der Waals surface area contributed by atoms with Gasteiger partial charge in [0.25, 0.3) is 0 Å². The molecule has 0 fully saturated rings. The van der Waals surface area contributed by atoms with Gasteiger partial charge in [0.15, 0.2) is 0 Å². The van der Waals surface area contributed by atoms with Crippen molar-refractivity contribution < 1.29 is 0 Å². The number of nitrogens with two attached hydrogens (primary N) is 1. The lowest BCUT2D eigenvalue weighted by Crippen LogP contribution is -2.33. The van der Waals surface area contributed by atoms with Crippen LogP contribution in [-0.4, -0.2) is 11.5 Å². The predicted molar refractivity (Wildman–Crippen MR) is 55.6 cm³/mol. The molecule has 72 valence electrons. The average molecular weight is 178 g/mol. The van der Waals surface area contributed by atoms with Crippen LogP contribution < -0.4 is 5.73 Å². The fourth-order valence-electron chi connectivity index (χ4n) is 1.74. The molecule has 0 spiro atoms. The maximum atomic E-state index is 5.83. The highest BCUT2D eigenvalue weighted by atomic mass is 14.6. The first-order valence-electron chi connectivity index (χ1n) is 4.89. The van der Waals surface area contributed by atoms with Gasteiger partial charge in [0.2, 0.25) is 0 Å². The first-order chi connectivity index (χ1) is 6.29. The van der Waals surface area contributed by atoms with Crippen molar-refractivity contribution in [2.45, 2.75) is 32.1 Å². The van der Waals surface area contributed by atoms with E-state index in [-0.39, 0.29) is 5.41 Å². The van der Waals surface area contributed by atoms with Gasteiger partial charge in [-0.15, -0.1) is 0 Å². The van der Waals surface area contributed by atoms with Crippen LogP contribution in [-0.2, 0) is 5.41 Å². The third kappa shape index (κ3) is 1.89. The fraction of sp³-hybridized carbons (Fsp3) is 0.545. The zero-order valence-electron chi connectivity index (χ0n) is 8.46. The lowest BCUT2D eigenvalue weighted by atomic mass is 9.77. The summed E-state index contributed by atoms with van der Waals surface area (Å²) in [5, 5.41) is 0. The fourth-order valence-corrected chi connectivity index (χ4v) is 1.74. The lowest BCUT2D eigenvalue weighted by molar-refractivity contribution is 0.405. The first-order valence-corrected chi connectivity index (χ1v) is 4.89. The zero-order chi connectivity index (χ0) is 9.73. The Morgan fingerprint density at radius 2 is 2.08 bits per heavy atom. The Bertz CT molecular complexity index is 231. The van der Waals surface area contributed by atoms with E-state index < -0.39 is 0 Å². The Hall–Kier alpha value is -0.890. The van der Waals surface area contributed by atoms with Gasteiger partial charge in [-0.3, -0.25) is 4.98 Å². The van der Waals surface area contributed by atoms with Gasteiger partial charge in [0, 0.05) is 24.4 Å². The summed E-state index contributed by atoms with van der Waals surface area (Å²) in [5.41, 5.74) is 7.23. The van der Waals surface area contributed by atoms with Crippen LogP contribution in [0.2, 0.25) is 0 Å². The molecule has 0 atom stereocenters. The van der Waals surface area contributed by atoms with Gasteiger partial charge >= 0.3 is 0 Å². The zero-order valence-corrected chi connectivity index (χ0v) is 8.46. The molecule has 0 saturated carbocycles. The van der Waals surface area contributed by atoms with Gasteiger partial charge in [-0.05, 0) is 24.5 Å². The number of aromatic nitrogens is 1. The molecule has 1 heterocycles. The number of rotatable bonds is 4. The van der Waals surface area contributed by atoms with Crippen LogP contribution in [0.25, 0.3) is 0 Å². The second-order valence-electron chi connectivity index (χ2n) is 3.43. The van der Waals surface area contributed by atoms with E-state index >= 15 is 0 Å². The molecule has 0 aliphatic rings. The van der Waals surface area contributed by atoms with E-state index in [0.717, 1.165) is 12.8 Å². The van der Waals surface area contributed by atoms with Crippen molar-refractivity contribution in [2.75, 3.05) is 6.54 Å². The van der Waals surface area contributed by atoms with Crippen molar-refractivity contribution in [3.05, 3.63) is 30.1 Å². The molecule has 1 rings (SSSR count). The molecule has 1 aromatic rings. The summed E-state index contributed by atoms with van der Waals surface area (Å²) in [6, 6.07) is 4.10. The molecular formula is C11H18N2. The van der Waals surface area contributed by atoms with Gasteiger partial charge in [-0.1, -0.05) is 19.9 Å². The van der Waals surface area contributed by atoms with Gasteiger partial charge in [0.05, 0.1) is 0 Å². The number of nitrogens with zero attached hydrogens (tertiary/aromatic N) is 1. The molecule has 1 aromatic heterocycles.